The van der Waals surface area contributed by atoms with Gasteiger partial charge in [-0.2, -0.15) is 0 Å². The van der Waals surface area contributed by atoms with E-state index in [9.17, 15) is 0 Å². The smallest absolute Gasteiger partial charge is 0.00992 e. The minimum atomic E-state index is 0. The molecule has 21 heavy (non-hydrogen) atoms. The van der Waals surface area contributed by atoms with Gasteiger partial charge in [-0.15, -0.1) is 0 Å². The van der Waals surface area contributed by atoms with Crippen LogP contribution in [0.5, 0.6) is 0 Å². The van der Waals surface area contributed by atoms with E-state index in [2.05, 4.69) is 84.9 Å². The molecule has 0 saturated carbocycles. The number of fused-ring (bicyclic) bond motifs is 2. The molecule has 2 N–H and O–H groups in total. The summed E-state index contributed by atoms with van der Waals surface area (Å²) >= 11 is 0. The van der Waals surface area contributed by atoms with Crippen LogP contribution in [-0.2, 0) is 0 Å². The quantitative estimate of drug-likeness (QED) is 0.475. The van der Waals surface area contributed by atoms with Crippen molar-refractivity contribution in [2.45, 2.75) is 0 Å². The maximum Gasteiger partial charge on any atom is -0.00992 e. The molecule has 0 aliphatic rings. The fourth-order valence-corrected chi connectivity index (χ4v) is 2.92. The van der Waals surface area contributed by atoms with Crippen LogP contribution in [0.15, 0.2) is 84.9 Å². The summed E-state index contributed by atoms with van der Waals surface area (Å²) in [5, 5.41) is 5.20. The van der Waals surface area contributed by atoms with Crippen LogP contribution >= 0.6 is 0 Å². The normalized spacial score (nSPS) is 10.5. The molecule has 0 aromatic heterocycles. The third-order valence-electron chi connectivity index (χ3n) is 3.87. The molecule has 0 amide bonds. The molecule has 0 fully saturated rings. The first-order chi connectivity index (χ1) is 9.93. The second-order valence-corrected chi connectivity index (χ2v) is 5.05. The Labute approximate surface area is 123 Å². The lowest BCUT2D eigenvalue weighted by Gasteiger charge is -2.10. The number of hydrogen-bond donors (Lipinski definition) is 0. The highest BCUT2D eigenvalue weighted by molar-refractivity contribution is 6.05. The van der Waals surface area contributed by atoms with Crippen molar-refractivity contribution in [3.63, 3.8) is 0 Å². The van der Waals surface area contributed by atoms with Crippen LogP contribution in [-0.4, -0.2) is 5.48 Å². The zero-order valence-electron chi connectivity index (χ0n) is 11.6. The first-order valence-electron chi connectivity index (χ1n) is 6.89. The SMILES string of the molecule is O.c1ccc2c(-c3cccc4ccccc34)cccc2c1. The van der Waals surface area contributed by atoms with Crippen LogP contribution < -0.4 is 0 Å². The minimum absolute atomic E-state index is 0. The minimum Gasteiger partial charge on any atom is -0.412 e. The molecule has 1 nitrogen and oxygen atoms in total. The molecule has 4 rings (SSSR count). The second kappa shape index (κ2) is 5.39. The lowest BCUT2D eigenvalue weighted by Crippen LogP contribution is -1.83. The summed E-state index contributed by atoms with van der Waals surface area (Å²) in [4.78, 5) is 0. The van der Waals surface area contributed by atoms with E-state index in [1.165, 1.54) is 32.7 Å². The Kier molecular flexibility index (Phi) is 3.43. The standard InChI is InChI=1S/C20H14.H2O/c1-3-11-17-15(7-1)9-5-13-19(17)20-14-6-10-16-8-2-4-12-18(16)20;/h1-14H;1H2. The van der Waals surface area contributed by atoms with Gasteiger partial charge in [-0.25, -0.2) is 0 Å². The maximum absolute atomic E-state index is 2.21. The van der Waals surface area contributed by atoms with Gasteiger partial charge in [0.2, 0.25) is 0 Å². The Morgan fingerprint density at radius 3 is 1.24 bits per heavy atom. The third-order valence-corrected chi connectivity index (χ3v) is 3.87. The van der Waals surface area contributed by atoms with E-state index in [0.717, 1.165) is 0 Å². The van der Waals surface area contributed by atoms with Crippen LogP contribution in [0.4, 0.5) is 0 Å². The molecule has 0 spiro atoms. The highest BCUT2D eigenvalue weighted by atomic mass is 16.0. The fourth-order valence-electron chi connectivity index (χ4n) is 2.92. The van der Waals surface area contributed by atoms with Gasteiger partial charge in [0.15, 0.2) is 0 Å². The molecule has 0 heterocycles. The molecular formula is C20H16O. The highest BCUT2D eigenvalue weighted by Crippen LogP contribution is 2.33. The van der Waals surface area contributed by atoms with Gasteiger partial charge in [-0.1, -0.05) is 84.9 Å². The first-order valence-corrected chi connectivity index (χ1v) is 6.89. The van der Waals surface area contributed by atoms with Crippen molar-refractivity contribution in [3.8, 4) is 11.1 Å². The summed E-state index contributed by atoms with van der Waals surface area (Å²) < 4.78 is 0. The average Bonchev–Trinajstić information content (AvgIpc) is 2.54. The number of rotatable bonds is 1. The molecule has 0 aliphatic carbocycles. The molecule has 0 bridgehead atoms. The Balaban J connectivity index is 0.00000132. The van der Waals surface area contributed by atoms with Crippen molar-refractivity contribution in [3.05, 3.63) is 84.9 Å². The summed E-state index contributed by atoms with van der Waals surface area (Å²) in [6.07, 6.45) is 0. The summed E-state index contributed by atoms with van der Waals surface area (Å²) in [5.74, 6) is 0. The molecule has 0 radical (unpaired) electrons. The Morgan fingerprint density at radius 2 is 0.762 bits per heavy atom. The van der Waals surface area contributed by atoms with Crippen LogP contribution in [0.3, 0.4) is 0 Å². The van der Waals surface area contributed by atoms with Crippen LogP contribution in [0.1, 0.15) is 0 Å². The first kappa shape index (κ1) is 13.3. The third kappa shape index (κ3) is 2.18. The Bertz CT molecular complexity index is 821. The van der Waals surface area contributed by atoms with Crippen LogP contribution in [0.2, 0.25) is 0 Å². The van der Waals surface area contributed by atoms with E-state index in [1.54, 1.807) is 0 Å². The topological polar surface area (TPSA) is 31.5 Å². The Hall–Kier alpha value is -2.64. The zero-order valence-corrected chi connectivity index (χ0v) is 11.6. The van der Waals surface area contributed by atoms with Crippen molar-refractivity contribution in [2.75, 3.05) is 0 Å². The maximum atomic E-state index is 2.21. The zero-order chi connectivity index (χ0) is 13.4. The molecule has 1 heteroatoms. The fraction of sp³-hybridized carbons (Fsp3) is 0. The molecule has 102 valence electrons. The highest BCUT2D eigenvalue weighted by Gasteiger charge is 2.06. The van der Waals surface area contributed by atoms with Crippen LogP contribution in [0, 0.1) is 0 Å². The monoisotopic (exact) mass is 272 g/mol. The van der Waals surface area contributed by atoms with Crippen LogP contribution in [0.25, 0.3) is 32.7 Å². The van der Waals surface area contributed by atoms with Gasteiger partial charge in [0.05, 0.1) is 0 Å². The van der Waals surface area contributed by atoms with Crippen molar-refractivity contribution in [1.29, 1.82) is 0 Å². The van der Waals surface area contributed by atoms with Crippen molar-refractivity contribution in [2.24, 2.45) is 0 Å². The number of benzene rings is 4. The lowest BCUT2D eigenvalue weighted by molar-refractivity contribution is 0.824. The second-order valence-electron chi connectivity index (χ2n) is 5.05. The molecule has 0 unspecified atom stereocenters. The summed E-state index contributed by atoms with van der Waals surface area (Å²) in [7, 11) is 0. The average molecular weight is 272 g/mol. The van der Waals surface area contributed by atoms with Gasteiger partial charge in [0.1, 0.15) is 0 Å². The number of hydrogen-bond acceptors (Lipinski definition) is 0. The van der Waals surface area contributed by atoms with E-state index >= 15 is 0 Å². The van der Waals surface area contributed by atoms with Crippen molar-refractivity contribution >= 4 is 21.5 Å². The van der Waals surface area contributed by atoms with Gasteiger partial charge in [0.25, 0.3) is 0 Å². The van der Waals surface area contributed by atoms with E-state index in [4.69, 9.17) is 0 Å². The van der Waals surface area contributed by atoms with Gasteiger partial charge >= 0.3 is 0 Å². The van der Waals surface area contributed by atoms with Crippen molar-refractivity contribution < 1.29 is 5.48 Å². The molecular weight excluding hydrogens is 256 g/mol. The van der Waals surface area contributed by atoms with Gasteiger partial charge in [0, 0.05) is 0 Å². The predicted molar refractivity (Wildman–Crippen MR) is 90.5 cm³/mol. The van der Waals surface area contributed by atoms with E-state index in [1.807, 2.05) is 0 Å². The molecule has 0 saturated heterocycles. The largest absolute Gasteiger partial charge is 0.412 e. The van der Waals surface area contributed by atoms with Gasteiger partial charge < -0.3 is 5.48 Å². The Morgan fingerprint density at radius 1 is 0.381 bits per heavy atom. The summed E-state index contributed by atoms with van der Waals surface area (Å²) in [6.45, 7) is 0. The van der Waals surface area contributed by atoms with Gasteiger partial charge in [-0.05, 0) is 32.7 Å². The lowest BCUT2D eigenvalue weighted by atomic mass is 9.94. The molecule has 4 aromatic rings. The summed E-state index contributed by atoms with van der Waals surface area (Å²) in [5.41, 5.74) is 2.61. The molecule has 0 atom stereocenters. The molecule has 0 aliphatic heterocycles. The summed E-state index contributed by atoms with van der Waals surface area (Å²) in [6, 6.07) is 30.2. The predicted octanol–water partition coefficient (Wildman–Crippen LogP) is 4.84. The van der Waals surface area contributed by atoms with E-state index < -0.39 is 0 Å². The van der Waals surface area contributed by atoms with Gasteiger partial charge in [-0.3, -0.25) is 0 Å². The van der Waals surface area contributed by atoms with E-state index in [-0.39, 0.29) is 5.48 Å². The van der Waals surface area contributed by atoms with Crippen molar-refractivity contribution in [1.82, 2.24) is 0 Å². The molecule has 4 aromatic carbocycles. The van der Waals surface area contributed by atoms with E-state index in [0.29, 0.717) is 0 Å².